The molecule has 4 nitrogen and oxygen atoms in total. The fraction of sp³-hybridized carbons (Fsp3) is 0.545. The van der Waals surface area contributed by atoms with Crippen LogP contribution >= 0.6 is 0 Å². The first-order valence-corrected chi connectivity index (χ1v) is 9.88. The summed E-state index contributed by atoms with van der Waals surface area (Å²) >= 11 is 0. The third kappa shape index (κ3) is 5.71. The van der Waals surface area contributed by atoms with Crippen molar-refractivity contribution in [1.82, 2.24) is 14.9 Å². The molecule has 1 aliphatic heterocycles. The van der Waals surface area contributed by atoms with E-state index in [-0.39, 0.29) is 11.4 Å². The number of hydrogen-bond donors (Lipinski definition) is 0. The van der Waals surface area contributed by atoms with E-state index in [9.17, 15) is 4.39 Å². The van der Waals surface area contributed by atoms with Crippen molar-refractivity contribution in [1.29, 1.82) is 0 Å². The molecule has 0 radical (unpaired) electrons. The first kappa shape index (κ1) is 20.6. The average molecular weight is 389 g/mol. The number of rotatable bonds is 6. The number of alkyl halides is 1. The van der Waals surface area contributed by atoms with Gasteiger partial charge >= 0.3 is 0 Å². The highest BCUT2D eigenvalue weighted by Gasteiger charge is 2.34. The molecule has 1 aliphatic rings. The molecule has 152 valence electrons. The third-order valence-electron chi connectivity index (χ3n) is 5.06. The van der Waals surface area contributed by atoms with Crippen molar-refractivity contribution in [2.24, 2.45) is 0 Å². The van der Waals surface area contributed by atoms with E-state index in [0.717, 1.165) is 5.69 Å². The zero-order chi connectivity index (χ0) is 20.2. The van der Waals surface area contributed by atoms with Gasteiger partial charge in [-0.2, -0.15) is 0 Å². The molecule has 28 heavy (non-hydrogen) atoms. The summed E-state index contributed by atoms with van der Waals surface area (Å²) in [6, 6.07) is 6.62. The van der Waals surface area contributed by atoms with Crippen LogP contribution in [0.5, 0.6) is 5.88 Å². The number of ether oxygens (including phenoxy) is 1. The minimum absolute atomic E-state index is 0.252. The lowest BCUT2D eigenvalue weighted by Gasteiger charge is -2.36. The van der Waals surface area contributed by atoms with Gasteiger partial charge in [0.15, 0.2) is 0 Å². The fourth-order valence-electron chi connectivity index (χ4n) is 3.47. The van der Waals surface area contributed by atoms with Crippen LogP contribution < -0.4 is 4.74 Å². The van der Waals surface area contributed by atoms with Gasteiger partial charge in [0.05, 0.1) is 0 Å². The van der Waals surface area contributed by atoms with Gasteiger partial charge < -0.3 is 4.74 Å². The van der Waals surface area contributed by atoms with Gasteiger partial charge in [-0.05, 0) is 58.1 Å². The van der Waals surface area contributed by atoms with Crippen molar-refractivity contribution < 1.29 is 13.5 Å². The molecule has 1 saturated heterocycles. The third-order valence-corrected chi connectivity index (χ3v) is 5.06. The summed E-state index contributed by atoms with van der Waals surface area (Å²) in [7, 11) is 0. The van der Waals surface area contributed by atoms with Gasteiger partial charge in [-0.25, -0.2) is 13.8 Å². The van der Waals surface area contributed by atoms with Gasteiger partial charge in [0.2, 0.25) is 5.88 Å². The number of hydrogen-bond acceptors (Lipinski definition) is 4. The highest BCUT2D eigenvalue weighted by molar-refractivity contribution is 5.19. The molecule has 0 amide bonds. The summed E-state index contributed by atoms with van der Waals surface area (Å²) in [6.45, 7) is 7.78. The second kappa shape index (κ2) is 8.52. The van der Waals surface area contributed by atoms with Crippen LogP contribution in [0.15, 0.2) is 36.7 Å². The Hall–Kier alpha value is -2.08. The molecule has 1 fully saturated rings. The highest BCUT2D eigenvalue weighted by atomic mass is 19.1. The largest absolute Gasteiger partial charge is 0.471 e. The number of benzene rings is 1. The van der Waals surface area contributed by atoms with Gasteiger partial charge in [0.1, 0.15) is 22.8 Å². The first-order chi connectivity index (χ1) is 13.2. The van der Waals surface area contributed by atoms with E-state index in [0.29, 0.717) is 56.8 Å². The Labute approximate surface area is 166 Å². The summed E-state index contributed by atoms with van der Waals surface area (Å²) in [5, 5.41) is 0. The Balaban J connectivity index is 1.55. The molecular formula is C22H29F2N3O. The number of aromatic nitrogens is 2. The Morgan fingerprint density at radius 3 is 2.46 bits per heavy atom. The van der Waals surface area contributed by atoms with Crippen LogP contribution in [0.25, 0.3) is 0 Å². The summed E-state index contributed by atoms with van der Waals surface area (Å²) in [6.07, 6.45) is 4.94. The first-order valence-electron chi connectivity index (χ1n) is 9.88. The summed E-state index contributed by atoms with van der Waals surface area (Å²) in [5.74, 6) is 0.282. The highest BCUT2D eigenvalue weighted by Crippen LogP contribution is 2.32. The maximum absolute atomic E-state index is 15.2. The Kier molecular flexibility index (Phi) is 6.28. The summed E-state index contributed by atoms with van der Waals surface area (Å²) in [4.78, 5) is 10.9. The number of aryl methyl sites for hydroxylation is 1. The van der Waals surface area contributed by atoms with Crippen molar-refractivity contribution in [3.63, 3.8) is 0 Å². The van der Waals surface area contributed by atoms with E-state index in [1.165, 1.54) is 6.07 Å². The SMILES string of the molecule is CC(C)(C)Oc1nccnc1CN1CCC(F)(CCc2ccccc2F)CC1. The molecule has 0 spiro atoms. The zero-order valence-corrected chi connectivity index (χ0v) is 16.9. The molecule has 0 aliphatic carbocycles. The number of nitrogens with zero attached hydrogens (tertiary/aromatic N) is 3. The van der Waals surface area contributed by atoms with E-state index in [1.807, 2.05) is 20.8 Å². The van der Waals surface area contributed by atoms with Gasteiger partial charge in [0, 0.05) is 32.0 Å². The lowest BCUT2D eigenvalue weighted by Crippen LogP contribution is -2.42. The van der Waals surface area contributed by atoms with Gasteiger partial charge in [-0.1, -0.05) is 18.2 Å². The molecule has 1 aromatic carbocycles. The van der Waals surface area contributed by atoms with Crippen molar-refractivity contribution >= 4 is 0 Å². The van der Waals surface area contributed by atoms with Gasteiger partial charge in [-0.3, -0.25) is 9.88 Å². The zero-order valence-electron chi connectivity index (χ0n) is 16.9. The minimum atomic E-state index is -1.24. The number of halogens is 2. The molecule has 0 N–H and O–H groups in total. The van der Waals surface area contributed by atoms with E-state index >= 15 is 4.39 Å². The lowest BCUT2D eigenvalue weighted by atomic mass is 9.87. The molecule has 2 aromatic rings. The molecule has 3 rings (SSSR count). The minimum Gasteiger partial charge on any atom is -0.471 e. The number of piperidine rings is 1. The fourth-order valence-corrected chi connectivity index (χ4v) is 3.47. The van der Waals surface area contributed by atoms with Gasteiger partial charge in [-0.15, -0.1) is 0 Å². The monoisotopic (exact) mass is 389 g/mol. The van der Waals surface area contributed by atoms with E-state index in [4.69, 9.17) is 4.74 Å². The molecule has 6 heteroatoms. The van der Waals surface area contributed by atoms with Crippen molar-refractivity contribution in [3.05, 3.63) is 53.7 Å². The molecular weight excluding hydrogens is 360 g/mol. The second-order valence-electron chi connectivity index (χ2n) is 8.54. The average Bonchev–Trinajstić information content (AvgIpc) is 2.64. The van der Waals surface area contributed by atoms with Crippen LogP contribution in [0.1, 0.15) is 51.3 Å². The normalized spacial score (nSPS) is 17.5. The van der Waals surface area contributed by atoms with Crippen molar-refractivity contribution in [3.8, 4) is 5.88 Å². The van der Waals surface area contributed by atoms with Crippen LogP contribution in [0, 0.1) is 5.82 Å². The van der Waals surface area contributed by atoms with Crippen LogP contribution in [0.4, 0.5) is 8.78 Å². The van der Waals surface area contributed by atoms with E-state index in [1.54, 1.807) is 30.6 Å². The number of likely N-dealkylation sites (tertiary alicyclic amines) is 1. The molecule has 0 atom stereocenters. The Morgan fingerprint density at radius 2 is 1.79 bits per heavy atom. The maximum Gasteiger partial charge on any atom is 0.237 e. The standard InChI is InChI=1S/C22H29F2N3O/c1-21(2,3)28-20-19(25-12-13-26-20)16-27-14-10-22(24,11-15-27)9-8-17-6-4-5-7-18(17)23/h4-7,12-13H,8-11,14-16H2,1-3H3. The van der Waals surface area contributed by atoms with Crippen LogP contribution in [-0.4, -0.2) is 39.2 Å². The maximum atomic E-state index is 15.2. The van der Waals surface area contributed by atoms with Crippen LogP contribution in [-0.2, 0) is 13.0 Å². The smallest absolute Gasteiger partial charge is 0.237 e. The van der Waals surface area contributed by atoms with E-state index < -0.39 is 5.67 Å². The molecule has 0 saturated carbocycles. The van der Waals surface area contributed by atoms with Crippen molar-refractivity contribution in [2.75, 3.05) is 13.1 Å². The second-order valence-corrected chi connectivity index (χ2v) is 8.54. The van der Waals surface area contributed by atoms with Gasteiger partial charge in [0.25, 0.3) is 0 Å². The molecule has 0 bridgehead atoms. The molecule has 1 aromatic heterocycles. The van der Waals surface area contributed by atoms with Crippen molar-refractivity contribution in [2.45, 2.75) is 64.3 Å². The summed E-state index contributed by atoms with van der Waals surface area (Å²) in [5.41, 5.74) is -0.236. The molecule has 0 unspecified atom stereocenters. The predicted octanol–water partition coefficient (Wildman–Crippen LogP) is 4.73. The molecule has 2 heterocycles. The quantitative estimate of drug-likeness (QED) is 0.716. The Bertz CT molecular complexity index is 783. The van der Waals surface area contributed by atoms with Crippen LogP contribution in [0.3, 0.4) is 0 Å². The van der Waals surface area contributed by atoms with E-state index in [2.05, 4.69) is 14.9 Å². The summed E-state index contributed by atoms with van der Waals surface area (Å²) < 4.78 is 34.9. The topological polar surface area (TPSA) is 38.3 Å². The predicted molar refractivity (Wildman–Crippen MR) is 105 cm³/mol. The Morgan fingerprint density at radius 1 is 1.11 bits per heavy atom. The lowest BCUT2D eigenvalue weighted by molar-refractivity contribution is 0.0460. The van der Waals surface area contributed by atoms with Crippen LogP contribution in [0.2, 0.25) is 0 Å².